The summed E-state index contributed by atoms with van der Waals surface area (Å²) in [7, 11) is 0. The van der Waals surface area contributed by atoms with Crippen molar-refractivity contribution in [3.05, 3.63) is 52.2 Å². The van der Waals surface area contributed by atoms with Crippen LogP contribution in [0, 0.1) is 5.92 Å². The van der Waals surface area contributed by atoms with E-state index in [-0.39, 0.29) is 11.8 Å². The van der Waals surface area contributed by atoms with E-state index in [4.69, 9.17) is 11.6 Å². The normalized spacial score (nSPS) is 15.5. The van der Waals surface area contributed by atoms with Crippen molar-refractivity contribution >= 4 is 44.8 Å². The predicted molar refractivity (Wildman–Crippen MR) is 97.0 cm³/mol. The summed E-state index contributed by atoms with van der Waals surface area (Å²) in [5, 5.41) is 3.50. The van der Waals surface area contributed by atoms with Crippen molar-refractivity contribution in [2.75, 3.05) is 23.3 Å². The zero-order chi connectivity index (χ0) is 16.2. The van der Waals surface area contributed by atoms with Crippen LogP contribution in [0.2, 0.25) is 5.15 Å². The number of benzene rings is 1. The Morgan fingerprint density at radius 3 is 2.70 bits per heavy atom. The van der Waals surface area contributed by atoms with Gasteiger partial charge < -0.3 is 10.2 Å². The van der Waals surface area contributed by atoms with E-state index in [1.54, 1.807) is 6.20 Å². The van der Waals surface area contributed by atoms with Gasteiger partial charge in [-0.25, -0.2) is 4.98 Å². The smallest absolute Gasteiger partial charge is 0.227 e. The molecule has 0 radical (unpaired) electrons. The Morgan fingerprint density at radius 2 is 2.00 bits per heavy atom. The van der Waals surface area contributed by atoms with Crippen molar-refractivity contribution < 1.29 is 4.79 Å². The Morgan fingerprint density at radius 1 is 1.26 bits per heavy atom. The van der Waals surface area contributed by atoms with E-state index in [9.17, 15) is 4.79 Å². The van der Waals surface area contributed by atoms with Crippen LogP contribution >= 0.6 is 27.5 Å². The summed E-state index contributed by atoms with van der Waals surface area (Å²) in [5.74, 6) is 0.125. The van der Waals surface area contributed by atoms with E-state index in [0.717, 1.165) is 41.8 Å². The van der Waals surface area contributed by atoms with Crippen molar-refractivity contribution in [1.82, 2.24) is 4.98 Å². The summed E-state index contributed by atoms with van der Waals surface area (Å²) >= 11 is 9.40. The van der Waals surface area contributed by atoms with Crippen molar-refractivity contribution in [3.63, 3.8) is 0 Å². The quantitative estimate of drug-likeness (QED) is 0.787. The highest BCUT2D eigenvalue weighted by molar-refractivity contribution is 9.10. The molecule has 0 unspecified atom stereocenters. The van der Waals surface area contributed by atoms with E-state index >= 15 is 0 Å². The first-order valence-corrected chi connectivity index (χ1v) is 8.72. The third-order valence-electron chi connectivity index (χ3n) is 4.07. The molecule has 120 valence electrons. The van der Waals surface area contributed by atoms with Crippen LogP contribution in [0.4, 0.5) is 11.4 Å². The number of pyridine rings is 1. The van der Waals surface area contributed by atoms with Crippen LogP contribution < -0.4 is 10.2 Å². The van der Waals surface area contributed by atoms with Crippen molar-refractivity contribution in [2.24, 2.45) is 5.92 Å². The number of carbonyl (C=O) groups is 1. The van der Waals surface area contributed by atoms with E-state index in [0.29, 0.717) is 5.15 Å². The minimum absolute atomic E-state index is 0.0377. The maximum absolute atomic E-state index is 12.4. The summed E-state index contributed by atoms with van der Waals surface area (Å²) < 4.78 is 0.900. The lowest BCUT2D eigenvalue weighted by Gasteiger charge is -2.33. The van der Waals surface area contributed by atoms with Crippen LogP contribution in [0.15, 0.2) is 47.1 Å². The number of rotatable bonds is 3. The standard InChI is InChI=1S/C17H17BrClN3O/c18-14-3-1-2-4-15(14)21-17(23)12-6-9-22(10-7-12)13-5-8-20-16(19)11-13/h1-5,8,11-12H,6-7,9-10H2,(H,21,23). The molecule has 1 aliphatic heterocycles. The Balaban J connectivity index is 1.58. The second kappa shape index (κ2) is 7.32. The first-order chi connectivity index (χ1) is 11.1. The van der Waals surface area contributed by atoms with E-state index in [1.807, 2.05) is 36.4 Å². The number of anilines is 2. The molecule has 1 saturated heterocycles. The van der Waals surface area contributed by atoms with Gasteiger partial charge in [-0.3, -0.25) is 4.79 Å². The highest BCUT2D eigenvalue weighted by Gasteiger charge is 2.25. The number of nitrogens with one attached hydrogen (secondary N) is 1. The minimum Gasteiger partial charge on any atom is -0.371 e. The summed E-state index contributed by atoms with van der Waals surface area (Å²) in [4.78, 5) is 18.7. The van der Waals surface area contributed by atoms with Gasteiger partial charge in [-0.1, -0.05) is 23.7 Å². The second-order valence-electron chi connectivity index (χ2n) is 5.57. The predicted octanol–water partition coefficient (Wildman–Crippen LogP) is 4.35. The molecule has 1 aliphatic rings. The fourth-order valence-electron chi connectivity index (χ4n) is 2.79. The molecule has 1 N–H and O–H groups in total. The van der Waals surface area contributed by atoms with Gasteiger partial charge in [-0.2, -0.15) is 0 Å². The summed E-state index contributed by atoms with van der Waals surface area (Å²) in [5.41, 5.74) is 1.88. The topological polar surface area (TPSA) is 45.2 Å². The monoisotopic (exact) mass is 393 g/mol. The Hall–Kier alpha value is -1.59. The molecule has 1 fully saturated rings. The maximum atomic E-state index is 12.4. The number of hydrogen-bond acceptors (Lipinski definition) is 3. The molecule has 1 aromatic carbocycles. The molecule has 23 heavy (non-hydrogen) atoms. The van der Waals surface area contributed by atoms with Crippen molar-refractivity contribution in [1.29, 1.82) is 0 Å². The molecule has 0 aliphatic carbocycles. The zero-order valence-electron chi connectivity index (χ0n) is 12.5. The molecular formula is C17H17BrClN3O. The largest absolute Gasteiger partial charge is 0.371 e. The second-order valence-corrected chi connectivity index (χ2v) is 6.81. The summed E-state index contributed by atoms with van der Waals surface area (Å²) in [6.45, 7) is 1.68. The van der Waals surface area contributed by atoms with Crippen LogP contribution in [-0.4, -0.2) is 24.0 Å². The molecule has 2 aromatic rings. The van der Waals surface area contributed by atoms with Gasteiger partial charge in [0, 0.05) is 35.4 Å². The number of amides is 1. The van der Waals surface area contributed by atoms with Crippen LogP contribution in [0.3, 0.4) is 0 Å². The van der Waals surface area contributed by atoms with Crippen LogP contribution in [-0.2, 0) is 4.79 Å². The fraction of sp³-hybridized carbons (Fsp3) is 0.294. The van der Waals surface area contributed by atoms with Gasteiger partial charge in [0.2, 0.25) is 5.91 Å². The van der Waals surface area contributed by atoms with Gasteiger partial charge >= 0.3 is 0 Å². The molecule has 2 heterocycles. The van der Waals surface area contributed by atoms with Gasteiger partial charge in [0.1, 0.15) is 5.15 Å². The molecule has 6 heteroatoms. The number of para-hydroxylation sites is 1. The van der Waals surface area contributed by atoms with E-state index in [1.165, 1.54) is 0 Å². The average Bonchev–Trinajstić information content (AvgIpc) is 2.57. The number of nitrogens with zero attached hydrogens (tertiary/aromatic N) is 2. The Bertz CT molecular complexity index is 702. The Kier molecular flexibility index (Phi) is 5.18. The number of hydrogen-bond donors (Lipinski definition) is 1. The third-order valence-corrected chi connectivity index (χ3v) is 4.97. The van der Waals surface area contributed by atoms with E-state index < -0.39 is 0 Å². The van der Waals surface area contributed by atoms with Gasteiger partial charge in [-0.05, 0) is 53.0 Å². The van der Waals surface area contributed by atoms with Crippen LogP contribution in [0.5, 0.6) is 0 Å². The number of piperidine rings is 1. The molecule has 1 aromatic heterocycles. The zero-order valence-corrected chi connectivity index (χ0v) is 14.8. The van der Waals surface area contributed by atoms with Gasteiger partial charge in [0.05, 0.1) is 5.69 Å². The SMILES string of the molecule is O=C(Nc1ccccc1Br)C1CCN(c2ccnc(Cl)c2)CC1. The fourth-order valence-corrected chi connectivity index (χ4v) is 3.34. The first kappa shape index (κ1) is 16.3. The summed E-state index contributed by atoms with van der Waals surface area (Å²) in [6.07, 6.45) is 3.37. The molecule has 0 spiro atoms. The lowest BCUT2D eigenvalue weighted by Crippen LogP contribution is -2.38. The molecule has 0 saturated carbocycles. The lowest BCUT2D eigenvalue weighted by molar-refractivity contribution is -0.120. The number of halogens is 2. The van der Waals surface area contributed by atoms with Crippen LogP contribution in [0.25, 0.3) is 0 Å². The van der Waals surface area contributed by atoms with Gasteiger partial charge in [0.15, 0.2) is 0 Å². The molecule has 3 rings (SSSR count). The highest BCUT2D eigenvalue weighted by Crippen LogP contribution is 2.27. The maximum Gasteiger partial charge on any atom is 0.227 e. The minimum atomic E-state index is 0.0377. The van der Waals surface area contributed by atoms with Crippen molar-refractivity contribution in [2.45, 2.75) is 12.8 Å². The number of aromatic nitrogens is 1. The first-order valence-electron chi connectivity index (χ1n) is 7.55. The van der Waals surface area contributed by atoms with Crippen molar-refractivity contribution in [3.8, 4) is 0 Å². The molecule has 0 bridgehead atoms. The van der Waals surface area contributed by atoms with E-state index in [2.05, 4.69) is 31.1 Å². The molecule has 1 amide bonds. The highest BCUT2D eigenvalue weighted by atomic mass is 79.9. The molecule has 0 atom stereocenters. The molecular weight excluding hydrogens is 378 g/mol. The van der Waals surface area contributed by atoms with Gasteiger partial charge in [-0.15, -0.1) is 0 Å². The molecule has 4 nitrogen and oxygen atoms in total. The Labute approximate surface area is 149 Å². The third kappa shape index (κ3) is 4.03. The van der Waals surface area contributed by atoms with Gasteiger partial charge in [0.25, 0.3) is 0 Å². The number of carbonyl (C=O) groups excluding carboxylic acids is 1. The van der Waals surface area contributed by atoms with Crippen LogP contribution in [0.1, 0.15) is 12.8 Å². The lowest BCUT2D eigenvalue weighted by atomic mass is 9.95. The average molecular weight is 395 g/mol. The summed E-state index contributed by atoms with van der Waals surface area (Å²) in [6, 6.07) is 11.5.